The molecule has 0 fully saturated rings. The Morgan fingerprint density at radius 1 is 1.42 bits per heavy atom. The third-order valence-corrected chi connectivity index (χ3v) is 1.84. The predicted octanol–water partition coefficient (Wildman–Crippen LogP) is 1.55. The molecule has 70 valence electrons. The van der Waals surface area contributed by atoms with Crippen molar-refractivity contribution in [2.75, 3.05) is 7.11 Å². The van der Waals surface area contributed by atoms with E-state index in [0.29, 0.717) is 12.3 Å². The monoisotopic (exact) mass is 172 g/mol. The normalized spacial score (nSPS) is 12.2. The minimum atomic E-state index is -0.441. The number of carbonyl (C=O) groups excluding carboxylic acids is 2. The molecule has 0 aromatic carbocycles. The number of ether oxygens (including phenoxy) is 1. The molecule has 0 bridgehead atoms. The molecular formula is C9H16O3. The Kier molecular flexibility index (Phi) is 5.34. The van der Waals surface area contributed by atoms with Gasteiger partial charge < -0.3 is 4.74 Å². The van der Waals surface area contributed by atoms with Gasteiger partial charge in [-0.25, -0.2) is 0 Å². The zero-order chi connectivity index (χ0) is 9.56. The van der Waals surface area contributed by atoms with Gasteiger partial charge in [-0.05, 0) is 5.92 Å². The summed E-state index contributed by atoms with van der Waals surface area (Å²) in [6.07, 6.45) is 1.36. The highest BCUT2D eigenvalue weighted by Gasteiger charge is 2.11. The standard InChI is InChI=1S/C9H16O3/c1-4-7(2)5-8(10)6-9(11)12-3/h7H,4-6H2,1-3H3. The summed E-state index contributed by atoms with van der Waals surface area (Å²) in [6, 6.07) is 0. The number of esters is 1. The zero-order valence-corrected chi connectivity index (χ0v) is 7.92. The van der Waals surface area contributed by atoms with E-state index in [4.69, 9.17) is 0 Å². The van der Waals surface area contributed by atoms with Gasteiger partial charge in [0.15, 0.2) is 0 Å². The number of hydrogen-bond donors (Lipinski definition) is 0. The van der Waals surface area contributed by atoms with Gasteiger partial charge in [-0.2, -0.15) is 0 Å². The van der Waals surface area contributed by atoms with Gasteiger partial charge in [0.25, 0.3) is 0 Å². The first-order chi connectivity index (χ1) is 5.60. The Morgan fingerprint density at radius 3 is 2.42 bits per heavy atom. The van der Waals surface area contributed by atoms with Gasteiger partial charge in [-0.3, -0.25) is 9.59 Å². The van der Waals surface area contributed by atoms with Crippen LogP contribution in [0.25, 0.3) is 0 Å². The van der Waals surface area contributed by atoms with Crippen molar-refractivity contribution in [3.05, 3.63) is 0 Å². The van der Waals surface area contributed by atoms with Gasteiger partial charge in [0.05, 0.1) is 7.11 Å². The van der Waals surface area contributed by atoms with Crippen LogP contribution in [0.15, 0.2) is 0 Å². The molecule has 0 N–H and O–H groups in total. The SMILES string of the molecule is CCC(C)CC(=O)CC(=O)OC. The van der Waals surface area contributed by atoms with E-state index in [9.17, 15) is 9.59 Å². The topological polar surface area (TPSA) is 43.4 Å². The molecule has 0 heterocycles. The first kappa shape index (κ1) is 11.1. The van der Waals surface area contributed by atoms with Gasteiger partial charge in [0.1, 0.15) is 12.2 Å². The first-order valence-corrected chi connectivity index (χ1v) is 4.18. The smallest absolute Gasteiger partial charge is 0.313 e. The highest BCUT2D eigenvalue weighted by molar-refractivity contribution is 5.95. The average molecular weight is 172 g/mol. The minimum absolute atomic E-state index is 0.0313. The molecule has 0 radical (unpaired) electrons. The summed E-state index contributed by atoms with van der Waals surface area (Å²) in [6.45, 7) is 4.02. The van der Waals surface area contributed by atoms with E-state index in [2.05, 4.69) is 4.74 Å². The molecule has 0 aromatic heterocycles. The van der Waals surface area contributed by atoms with Crippen molar-refractivity contribution in [2.45, 2.75) is 33.1 Å². The number of rotatable bonds is 5. The van der Waals surface area contributed by atoms with E-state index in [-0.39, 0.29) is 12.2 Å². The summed E-state index contributed by atoms with van der Waals surface area (Å²) in [4.78, 5) is 21.7. The summed E-state index contributed by atoms with van der Waals surface area (Å²) in [5, 5.41) is 0. The van der Waals surface area contributed by atoms with Gasteiger partial charge >= 0.3 is 5.97 Å². The fourth-order valence-corrected chi connectivity index (χ4v) is 0.838. The van der Waals surface area contributed by atoms with E-state index in [0.717, 1.165) is 6.42 Å². The summed E-state index contributed by atoms with van der Waals surface area (Å²) in [5.41, 5.74) is 0. The van der Waals surface area contributed by atoms with Crippen molar-refractivity contribution in [2.24, 2.45) is 5.92 Å². The fraction of sp³-hybridized carbons (Fsp3) is 0.778. The van der Waals surface area contributed by atoms with Gasteiger partial charge in [-0.1, -0.05) is 20.3 Å². The molecule has 0 saturated carbocycles. The maximum Gasteiger partial charge on any atom is 0.313 e. The Balaban J connectivity index is 3.66. The van der Waals surface area contributed by atoms with Crippen molar-refractivity contribution in [1.82, 2.24) is 0 Å². The first-order valence-electron chi connectivity index (χ1n) is 4.18. The maximum absolute atomic E-state index is 11.1. The number of carbonyl (C=O) groups is 2. The van der Waals surface area contributed by atoms with Gasteiger partial charge in [0, 0.05) is 6.42 Å². The van der Waals surface area contributed by atoms with E-state index in [1.165, 1.54) is 7.11 Å². The molecule has 0 rings (SSSR count). The van der Waals surface area contributed by atoms with Gasteiger partial charge in [0.2, 0.25) is 0 Å². The highest BCUT2D eigenvalue weighted by Crippen LogP contribution is 2.08. The second-order valence-electron chi connectivity index (χ2n) is 3.01. The van der Waals surface area contributed by atoms with Crippen LogP contribution in [0.1, 0.15) is 33.1 Å². The summed E-state index contributed by atoms with van der Waals surface area (Å²) < 4.78 is 4.38. The van der Waals surface area contributed by atoms with E-state index < -0.39 is 5.97 Å². The van der Waals surface area contributed by atoms with Crippen molar-refractivity contribution in [1.29, 1.82) is 0 Å². The molecule has 0 aromatic rings. The molecule has 12 heavy (non-hydrogen) atoms. The number of ketones is 1. The van der Waals surface area contributed by atoms with Crippen LogP contribution in [0.5, 0.6) is 0 Å². The van der Waals surface area contributed by atoms with Crippen LogP contribution < -0.4 is 0 Å². The van der Waals surface area contributed by atoms with E-state index in [1.807, 2.05) is 13.8 Å². The number of Topliss-reactive ketones (excluding diaryl/α,β-unsaturated/α-hetero) is 1. The molecule has 3 heteroatoms. The quantitative estimate of drug-likeness (QED) is 0.467. The molecule has 0 amide bonds. The molecule has 0 aliphatic carbocycles. The number of methoxy groups -OCH3 is 1. The van der Waals surface area contributed by atoms with Crippen LogP contribution in [0, 0.1) is 5.92 Å². The Morgan fingerprint density at radius 2 is 2.00 bits per heavy atom. The summed E-state index contributed by atoms with van der Waals surface area (Å²) in [5.74, 6) is -0.110. The fourth-order valence-electron chi connectivity index (χ4n) is 0.838. The van der Waals surface area contributed by atoms with Crippen LogP contribution in [0.4, 0.5) is 0 Å². The second-order valence-corrected chi connectivity index (χ2v) is 3.01. The second kappa shape index (κ2) is 5.75. The van der Waals surface area contributed by atoms with Crippen LogP contribution in [0.3, 0.4) is 0 Å². The Bertz CT molecular complexity index is 163. The molecule has 1 unspecified atom stereocenters. The maximum atomic E-state index is 11.1. The molecule has 3 nitrogen and oxygen atoms in total. The van der Waals surface area contributed by atoms with Crippen molar-refractivity contribution >= 4 is 11.8 Å². The van der Waals surface area contributed by atoms with Crippen LogP contribution in [-0.4, -0.2) is 18.9 Å². The largest absolute Gasteiger partial charge is 0.469 e. The summed E-state index contributed by atoms with van der Waals surface area (Å²) in [7, 11) is 1.29. The summed E-state index contributed by atoms with van der Waals surface area (Å²) >= 11 is 0. The molecule has 0 aliphatic rings. The molecule has 0 saturated heterocycles. The highest BCUT2D eigenvalue weighted by atomic mass is 16.5. The molecule has 0 spiro atoms. The Labute approximate surface area is 73.1 Å². The molecule has 0 aliphatic heterocycles. The third kappa shape index (κ3) is 4.88. The van der Waals surface area contributed by atoms with Crippen molar-refractivity contribution in [3.63, 3.8) is 0 Å². The minimum Gasteiger partial charge on any atom is -0.469 e. The third-order valence-electron chi connectivity index (χ3n) is 1.84. The lowest BCUT2D eigenvalue weighted by atomic mass is 10.0. The average Bonchev–Trinajstić information content (AvgIpc) is 2.03. The van der Waals surface area contributed by atoms with Crippen LogP contribution >= 0.6 is 0 Å². The molecular weight excluding hydrogens is 156 g/mol. The lowest BCUT2D eigenvalue weighted by Gasteiger charge is -2.05. The Hall–Kier alpha value is -0.860. The lowest BCUT2D eigenvalue weighted by molar-refractivity contribution is -0.143. The predicted molar refractivity (Wildman–Crippen MR) is 45.7 cm³/mol. The van der Waals surface area contributed by atoms with Gasteiger partial charge in [-0.15, -0.1) is 0 Å². The van der Waals surface area contributed by atoms with Crippen molar-refractivity contribution in [3.8, 4) is 0 Å². The van der Waals surface area contributed by atoms with Crippen molar-refractivity contribution < 1.29 is 14.3 Å². The van der Waals surface area contributed by atoms with E-state index >= 15 is 0 Å². The molecule has 1 atom stereocenters. The van der Waals surface area contributed by atoms with E-state index in [1.54, 1.807) is 0 Å². The zero-order valence-electron chi connectivity index (χ0n) is 7.92. The number of hydrogen-bond acceptors (Lipinski definition) is 3. The van der Waals surface area contributed by atoms with Crippen LogP contribution in [0.2, 0.25) is 0 Å². The van der Waals surface area contributed by atoms with Crippen LogP contribution in [-0.2, 0) is 14.3 Å². The lowest BCUT2D eigenvalue weighted by Crippen LogP contribution is -2.11.